The van der Waals surface area contributed by atoms with Crippen molar-refractivity contribution >= 4 is 6.09 Å². The van der Waals surface area contributed by atoms with Gasteiger partial charge in [0.15, 0.2) is 0 Å². The molecule has 0 fully saturated rings. The zero-order chi connectivity index (χ0) is 15.0. The van der Waals surface area contributed by atoms with Crippen LogP contribution in [-0.2, 0) is 16.1 Å². The first-order valence-corrected chi connectivity index (χ1v) is 6.41. The third-order valence-electron chi connectivity index (χ3n) is 2.25. The largest absolute Gasteiger partial charge is 0.428 e. The Kier molecular flexibility index (Phi) is 6.01. The summed E-state index contributed by atoms with van der Waals surface area (Å²) in [4.78, 5) is 11.5. The number of benzene rings is 1. The molecule has 5 nitrogen and oxygen atoms in total. The summed E-state index contributed by atoms with van der Waals surface area (Å²) >= 11 is 0. The Balaban J connectivity index is 2.33. The van der Waals surface area contributed by atoms with E-state index in [1.165, 1.54) is 0 Å². The lowest BCUT2D eigenvalue weighted by molar-refractivity contribution is 0.0348. The van der Waals surface area contributed by atoms with Gasteiger partial charge in [-0.3, -0.25) is 0 Å². The van der Waals surface area contributed by atoms with Gasteiger partial charge in [-0.05, 0) is 26.3 Å². The van der Waals surface area contributed by atoms with Crippen molar-refractivity contribution in [3.63, 3.8) is 0 Å². The number of nitriles is 1. The van der Waals surface area contributed by atoms with E-state index in [1.54, 1.807) is 0 Å². The second kappa shape index (κ2) is 7.51. The van der Waals surface area contributed by atoms with Crippen molar-refractivity contribution in [1.29, 1.82) is 5.26 Å². The topological polar surface area (TPSA) is 71.3 Å². The van der Waals surface area contributed by atoms with Crippen molar-refractivity contribution in [3.8, 4) is 6.07 Å². The predicted molar refractivity (Wildman–Crippen MR) is 74.9 cm³/mol. The maximum absolute atomic E-state index is 11.5. The van der Waals surface area contributed by atoms with Crippen LogP contribution >= 0.6 is 0 Å². The Morgan fingerprint density at radius 1 is 1.35 bits per heavy atom. The van der Waals surface area contributed by atoms with Crippen LogP contribution in [-0.4, -0.2) is 24.3 Å². The highest BCUT2D eigenvalue weighted by atomic mass is 16.6. The summed E-state index contributed by atoms with van der Waals surface area (Å²) in [6, 6.07) is 11.5. The minimum absolute atomic E-state index is 0.0446. The van der Waals surface area contributed by atoms with Crippen LogP contribution in [0, 0.1) is 11.3 Å². The minimum atomic E-state index is -0.916. The van der Waals surface area contributed by atoms with Gasteiger partial charge in [0.05, 0.1) is 13.2 Å². The van der Waals surface area contributed by atoms with Crippen LogP contribution in [0.5, 0.6) is 0 Å². The molecular formula is C15H20N2O3. The Bertz CT molecular complexity index is 460. The van der Waals surface area contributed by atoms with E-state index in [4.69, 9.17) is 14.7 Å². The molecule has 1 N–H and O–H groups in total. The molecule has 108 valence electrons. The predicted octanol–water partition coefficient (Wildman–Crippen LogP) is 2.62. The van der Waals surface area contributed by atoms with Gasteiger partial charge >= 0.3 is 6.09 Å². The maximum Gasteiger partial charge on any atom is 0.408 e. The van der Waals surface area contributed by atoms with Gasteiger partial charge in [-0.15, -0.1) is 0 Å². The van der Waals surface area contributed by atoms with E-state index in [1.807, 2.05) is 57.2 Å². The fourth-order valence-electron chi connectivity index (χ4n) is 1.42. The molecule has 0 aromatic heterocycles. The zero-order valence-corrected chi connectivity index (χ0v) is 12.1. The highest BCUT2D eigenvalue weighted by Crippen LogP contribution is 2.04. The quantitative estimate of drug-likeness (QED) is 0.897. The molecule has 5 heteroatoms. The molecule has 1 aromatic carbocycles. The number of ether oxygens (including phenoxy) is 2. The summed E-state index contributed by atoms with van der Waals surface area (Å²) in [6.45, 7) is 5.93. The molecule has 20 heavy (non-hydrogen) atoms. The lowest BCUT2D eigenvalue weighted by Crippen LogP contribution is -2.42. The molecule has 0 saturated heterocycles. The third kappa shape index (κ3) is 6.76. The standard InChI is InChI=1S/C15H20N2O3/c1-15(2,3)17-14(18)20-13(9-16)11-19-10-12-7-5-4-6-8-12/h4-8,13H,10-11H2,1-3H3,(H,17,18). The molecule has 0 saturated carbocycles. The first kappa shape index (κ1) is 16.0. The van der Waals surface area contributed by atoms with Crippen molar-refractivity contribution in [3.05, 3.63) is 35.9 Å². The summed E-state index contributed by atoms with van der Waals surface area (Å²) in [5, 5.41) is 11.6. The Morgan fingerprint density at radius 3 is 2.55 bits per heavy atom. The fraction of sp³-hybridized carbons (Fsp3) is 0.467. The molecule has 0 heterocycles. The highest BCUT2D eigenvalue weighted by Gasteiger charge is 2.19. The van der Waals surface area contributed by atoms with Gasteiger partial charge in [-0.25, -0.2) is 4.79 Å². The first-order chi connectivity index (χ1) is 9.40. The SMILES string of the molecule is CC(C)(C)NC(=O)OC(C#N)COCc1ccccc1. The smallest absolute Gasteiger partial charge is 0.408 e. The number of carbonyl (C=O) groups is 1. The third-order valence-corrected chi connectivity index (χ3v) is 2.25. The number of carbonyl (C=O) groups excluding carboxylic acids is 1. The van der Waals surface area contributed by atoms with Gasteiger partial charge in [0, 0.05) is 5.54 Å². The number of rotatable bonds is 5. The Labute approximate surface area is 119 Å². The molecule has 0 spiro atoms. The van der Waals surface area contributed by atoms with Gasteiger partial charge in [-0.1, -0.05) is 30.3 Å². The number of hydrogen-bond acceptors (Lipinski definition) is 4. The molecule has 0 radical (unpaired) electrons. The van der Waals surface area contributed by atoms with Crippen LogP contribution in [0.25, 0.3) is 0 Å². The minimum Gasteiger partial charge on any atom is -0.428 e. The Morgan fingerprint density at radius 2 is 2.00 bits per heavy atom. The van der Waals surface area contributed by atoms with E-state index in [-0.39, 0.29) is 6.61 Å². The molecule has 0 bridgehead atoms. The molecule has 0 aliphatic rings. The van der Waals surface area contributed by atoms with Crippen molar-refractivity contribution in [2.75, 3.05) is 6.61 Å². The van der Waals surface area contributed by atoms with Crippen molar-refractivity contribution in [2.24, 2.45) is 0 Å². The molecular weight excluding hydrogens is 256 g/mol. The first-order valence-electron chi connectivity index (χ1n) is 6.41. The van der Waals surface area contributed by atoms with Crippen LogP contribution in [0.2, 0.25) is 0 Å². The summed E-state index contributed by atoms with van der Waals surface area (Å²) in [6.07, 6.45) is -1.53. The highest BCUT2D eigenvalue weighted by molar-refractivity contribution is 5.68. The van der Waals surface area contributed by atoms with E-state index in [9.17, 15) is 4.79 Å². The van der Waals surface area contributed by atoms with Crippen LogP contribution in [0.1, 0.15) is 26.3 Å². The number of nitrogens with one attached hydrogen (secondary N) is 1. The second-order valence-electron chi connectivity index (χ2n) is 5.40. The molecule has 1 amide bonds. The van der Waals surface area contributed by atoms with Crippen LogP contribution in [0.3, 0.4) is 0 Å². The van der Waals surface area contributed by atoms with Crippen molar-refractivity contribution < 1.29 is 14.3 Å². The number of nitrogens with zero attached hydrogens (tertiary/aromatic N) is 1. The van der Waals surface area contributed by atoms with E-state index in [2.05, 4.69) is 5.32 Å². The van der Waals surface area contributed by atoms with E-state index >= 15 is 0 Å². The monoisotopic (exact) mass is 276 g/mol. The van der Waals surface area contributed by atoms with Gasteiger partial charge in [0.2, 0.25) is 6.10 Å². The van der Waals surface area contributed by atoms with Crippen LogP contribution in [0.4, 0.5) is 4.79 Å². The summed E-state index contributed by atoms with van der Waals surface area (Å²) in [7, 11) is 0. The molecule has 0 aliphatic carbocycles. The lowest BCUT2D eigenvalue weighted by Gasteiger charge is -2.21. The molecule has 1 rings (SSSR count). The summed E-state index contributed by atoms with van der Waals surface area (Å²) in [5.41, 5.74) is 0.602. The normalized spacial score (nSPS) is 12.3. The van der Waals surface area contributed by atoms with Crippen LogP contribution in [0.15, 0.2) is 30.3 Å². The van der Waals surface area contributed by atoms with E-state index in [0.29, 0.717) is 6.61 Å². The number of hydrogen-bond donors (Lipinski definition) is 1. The van der Waals surface area contributed by atoms with Gasteiger partial charge < -0.3 is 14.8 Å². The van der Waals surface area contributed by atoms with Gasteiger partial charge in [-0.2, -0.15) is 5.26 Å². The fourth-order valence-corrected chi connectivity index (χ4v) is 1.42. The second-order valence-corrected chi connectivity index (χ2v) is 5.40. The molecule has 1 unspecified atom stereocenters. The van der Waals surface area contributed by atoms with E-state index in [0.717, 1.165) is 5.56 Å². The van der Waals surface area contributed by atoms with Gasteiger partial charge in [0.25, 0.3) is 0 Å². The average molecular weight is 276 g/mol. The van der Waals surface area contributed by atoms with Gasteiger partial charge in [0.1, 0.15) is 6.07 Å². The van der Waals surface area contributed by atoms with Crippen molar-refractivity contribution in [2.45, 2.75) is 39.0 Å². The maximum atomic E-state index is 11.5. The number of amides is 1. The summed E-state index contributed by atoms with van der Waals surface area (Å²) in [5.74, 6) is 0. The average Bonchev–Trinajstić information content (AvgIpc) is 2.36. The Hall–Kier alpha value is -2.06. The molecule has 0 aliphatic heterocycles. The zero-order valence-electron chi connectivity index (χ0n) is 12.1. The van der Waals surface area contributed by atoms with E-state index < -0.39 is 17.7 Å². The molecule has 1 aromatic rings. The molecule has 1 atom stereocenters. The number of alkyl carbamates (subject to hydrolysis) is 1. The van der Waals surface area contributed by atoms with Crippen LogP contribution < -0.4 is 5.32 Å². The lowest BCUT2D eigenvalue weighted by atomic mass is 10.1. The summed E-state index contributed by atoms with van der Waals surface area (Å²) < 4.78 is 10.4. The van der Waals surface area contributed by atoms with Crippen molar-refractivity contribution in [1.82, 2.24) is 5.32 Å².